The Morgan fingerprint density at radius 1 is 1.56 bits per heavy atom. The largest absolute Gasteiger partial charge is 0.484 e. The Balaban J connectivity index is 2.57. The molecule has 7 heteroatoms. The minimum atomic E-state index is -0.569. The van der Waals surface area contributed by atoms with Gasteiger partial charge in [-0.3, -0.25) is 10.1 Å². The summed E-state index contributed by atoms with van der Waals surface area (Å²) >= 11 is 5.66. The third-order valence-electron chi connectivity index (χ3n) is 2.01. The highest BCUT2D eigenvalue weighted by molar-refractivity contribution is 6.30. The van der Waals surface area contributed by atoms with Crippen molar-refractivity contribution in [2.75, 3.05) is 13.2 Å². The zero-order valence-electron chi connectivity index (χ0n) is 9.63. The first-order valence-corrected chi connectivity index (χ1v) is 5.50. The summed E-state index contributed by atoms with van der Waals surface area (Å²) < 4.78 is 10.3. The smallest absolute Gasteiger partial charge is 0.312 e. The number of nitro groups is 1. The number of nitrogens with zero attached hydrogens (tertiary/aromatic N) is 2. The Morgan fingerprint density at radius 3 is 2.89 bits per heavy atom. The molecule has 0 heterocycles. The molecule has 1 atom stereocenters. The van der Waals surface area contributed by atoms with Crippen molar-refractivity contribution in [3.05, 3.63) is 33.3 Å². The van der Waals surface area contributed by atoms with Crippen LogP contribution in [0.15, 0.2) is 18.2 Å². The first-order valence-electron chi connectivity index (χ1n) is 5.12. The molecule has 1 rings (SSSR count). The average Bonchev–Trinajstić information content (AvgIpc) is 2.35. The lowest BCUT2D eigenvalue weighted by Gasteiger charge is -2.08. The van der Waals surface area contributed by atoms with E-state index in [-0.39, 0.29) is 29.7 Å². The first kappa shape index (κ1) is 14.2. The maximum Gasteiger partial charge on any atom is 0.312 e. The van der Waals surface area contributed by atoms with E-state index in [4.69, 9.17) is 26.3 Å². The number of benzene rings is 1. The molecule has 0 aliphatic heterocycles. The van der Waals surface area contributed by atoms with Crippen LogP contribution in [0.25, 0.3) is 0 Å². The molecular formula is C11H11ClN2O4. The van der Waals surface area contributed by atoms with Gasteiger partial charge in [0.15, 0.2) is 5.75 Å². The van der Waals surface area contributed by atoms with Crippen LogP contribution < -0.4 is 4.74 Å². The van der Waals surface area contributed by atoms with Crippen LogP contribution in [0.3, 0.4) is 0 Å². The second-order valence-electron chi connectivity index (χ2n) is 3.36. The maximum absolute atomic E-state index is 10.8. The zero-order chi connectivity index (χ0) is 13.5. The summed E-state index contributed by atoms with van der Waals surface area (Å²) in [6, 6.07) is 6.04. The van der Waals surface area contributed by atoms with E-state index in [1.807, 2.05) is 6.07 Å². The minimum absolute atomic E-state index is 0.120. The molecule has 96 valence electrons. The summed E-state index contributed by atoms with van der Waals surface area (Å²) in [5.41, 5.74) is -0.198. The summed E-state index contributed by atoms with van der Waals surface area (Å²) in [7, 11) is 0. The van der Waals surface area contributed by atoms with E-state index in [2.05, 4.69) is 0 Å². The van der Waals surface area contributed by atoms with Crippen LogP contribution in [-0.4, -0.2) is 24.2 Å². The molecule has 0 N–H and O–H groups in total. The summed E-state index contributed by atoms with van der Waals surface area (Å²) in [5.74, 6) is 0.123. The topological polar surface area (TPSA) is 85.4 Å². The van der Waals surface area contributed by atoms with Crippen molar-refractivity contribution in [1.82, 2.24) is 0 Å². The molecule has 0 saturated heterocycles. The van der Waals surface area contributed by atoms with Gasteiger partial charge < -0.3 is 9.47 Å². The van der Waals surface area contributed by atoms with Gasteiger partial charge in [0, 0.05) is 11.1 Å². The molecule has 0 amide bonds. The van der Waals surface area contributed by atoms with E-state index in [0.717, 1.165) is 0 Å². The maximum atomic E-state index is 10.8. The SMILES string of the molecule is CC(C#N)OCCOc1ccc(Cl)cc1[N+](=O)[O-]. The van der Waals surface area contributed by atoms with Crippen molar-refractivity contribution in [2.24, 2.45) is 0 Å². The van der Waals surface area contributed by atoms with Crippen molar-refractivity contribution >= 4 is 17.3 Å². The second kappa shape index (κ2) is 6.79. The molecule has 0 spiro atoms. The van der Waals surface area contributed by atoms with Crippen LogP contribution in [0.5, 0.6) is 5.75 Å². The highest BCUT2D eigenvalue weighted by Gasteiger charge is 2.15. The summed E-state index contributed by atoms with van der Waals surface area (Å²) in [6.07, 6.45) is -0.534. The van der Waals surface area contributed by atoms with Gasteiger partial charge in [0.1, 0.15) is 12.7 Å². The highest BCUT2D eigenvalue weighted by atomic mass is 35.5. The van der Waals surface area contributed by atoms with Crippen LogP contribution in [0.4, 0.5) is 5.69 Å². The Kier molecular flexibility index (Phi) is 5.36. The molecule has 1 aromatic rings. The molecule has 0 fully saturated rings. The van der Waals surface area contributed by atoms with Crippen LogP contribution in [-0.2, 0) is 4.74 Å². The molecule has 0 aliphatic rings. The van der Waals surface area contributed by atoms with Gasteiger partial charge in [-0.15, -0.1) is 0 Å². The molecule has 6 nitrogen and oxygen atoms in total. The van der Waals surface area contributed by atoms with Crippen LogP contribution in [0, 0.1) is 21.4 Å². The zero-order valence-corrected chi connectivity index (χ0v) is 10.4. The lowest BCUT2D eigenvalue weighted by Crippen LogP contribution is -2.12. The van der Waals surface area contributed by atoms with E-state index in [1.54, 1.807) is 6.92 Å². The summed E-state index contributed by atoms with van der Waals surface area (Å²) in [4.78, 5) is 10.2. The van der Waals surface area contributed by atoms with Gasteiger partial charge in [-0.05, 0) is 19.1 Å². The fourth-order valence-electron chi connectivity index (χ4n) is 1.17. The number of hydrogen-bond donors (Lipinski definition) is 0. The molecule has 18 heavy (non-hydrogen) atoms. The number of ether oxygens (including phenoxy) is 2. The lowest BCUT2D eigenvalue weighted by atomic mass is 10.3. The van der Waals surface area contributed by atoms with Crippen molar-refractivity contribution in [3.8, 4) is 11.8 Å². The monoisotopic (exact) mass is 270 g/mol. The minimum Gasteiger partial charge on any atom is -0.484 e. The molecule has 0 aromatic heterocycles. The quantitative estimate of drug-likeness (QED) is 0.450. The molecule has 0 aliphatic carbocycles. The van der Waals surface area contributed by atoms with Crippen molar-refractivity contribution in [3.63, 3.8) is 0 Å². The average molecular weight is 271 g/mol. The van der Waals surface area contributed by atoms with E-state index in [1.165, 1.54) is 18.2 Å². The summed E-state index contributed by atoms with van der Waals surface area (Å²) in [6.45, 7) is 1.90. The Morgan fingerprint density at radius 2 is 2.28 bits per heavy atom. The molecular weight excluding hydrogens is 260 g/mol. The van der Waals surface area contributed by atoms with Gasteiger partial charge in [0.25, 0.3) is 0 Å². The van der Waals surface area contributed by atoms with Crippen LogP contribution in [0.2, 0.25) is 5.02 Å². The number of hydrogen-bond acceptors (Lipinski definition) is 5. The third kappa shape index (κ3) is 4.20. The van der Waals surface area contributed by atoms with Crippen molar-refractivity contribution < 1.29 is 14.4 Å². The van der Waals surface area contributed by atoms with Crippen molar-refractivity contribution in [1.29, 1.82) is 5.26 Å². The number of nitro benzene ring substituents is 1. The Hall–Kier alpha value is -1.84. The molecule has 1 aromatic carbocycles. The summed E-state index contributed by atoms with van der Waals surface area (Å²) in [5, 5.41) is 19.5. The van der Waals surface area contributed by atoms with E-state index >= 15 is 0 Å². The molecule has 1 unspecified atom stereocenters. The Bertz CT molecular complexity index is 473. The number of halogens is 1. The van der Waals surface area contributed by atoms with Crippen LogP contribution in [0.1, 0.15) is 6.92 Å². The predicted molar refractivity (Wildman–Crippen MR) is 64.6 cm³/mol. The van der Waals surface area contributed by atoms with Crippen molar-refractivity contribution in [2.45, 2.75) is 13.0 Å². The van der Waals surface area contributed by atoms with Gasteiger partial charge in [-0.1, -0.05) is 11.6 Å². The lowest BCUT2D eigenvalue weighted by molar-refractivity contribution is -0.385. The fraction of sp³-hybridized carbons (Fsp3) is 0.364. The van der Waals surface area contributed by atoms with E-state index in [9.17, 15) is 10.1 Å². The van der Waals surface area contributed by atoms with E-state index in [0.29, 0.717) is 0 Å². The van der Waals surface area contributed by atoms with Crippen LogP contribution >= 0.6 is 11.6 Å². The highest BCUT2D eigenvalue weighted by Crippen LogP contribution is 2.29. The standard InChI is InChI=1S/C11H11ClN2O4/c1-8(7-13)17-4-5-18-11-3-2-9(12)6-10(11)14(15)16/h2-3,6,8H,4-5H2,1H3. The second-order valence-corrected chi connectivity index (χ2v) is 3.80. The van der Waals surface area contributed by atoms with Gasteiger partial charge in [-0.2, -0.15) is 5.26 Å². The predicted octanol–water partition coefficient (Wildman–Crippen LogP) is 2.56. The third-order valence-corrected chi connectivity index (χ3v) is 2.24. The van der Waals surface area contributed by atoms with Gasteiger partial charge in [-0.25, -0.2) is 0 Å². The normalized spacial score (nSPS) is 11.6. The van der Waals surface area contributed by atoms with Gasteiger partial charge in [0.05, 0.1) is 17.6 Å². The fourth-order valence-corrected chi connectivity index (χ4v) is 1.34. The molecule has 0 saturated carbocycles. The first-order chi connectivity index (χ1) is 8.54. The molecule has 0 bridgehead atoms. The van der Waals surface area contributed by atoms with Gasteiger partial charge in [0.2, 0.25) is 0 Å². The van der Waals surface area contributed by atoms with Gasteiger partial charge >= 0.3 is 5.69 Å². The number of nitriles is 1. The van der Waals surface area contributed by atoms with E-state index < -0.39 is 11.0 Å². The number of rotatable bonds is 6. The Labute approximate surface area is 109 Å². The molecule has 0 radical (unpaired) electrons.